The maximum Gasteiger partial charge on any atom is 0.407 e. The van der Waals surface area contributed by atoms with Gasteiger partial charge in [-0.2, -0.15) is 11.8 Å². The highest BCUT2D eigenvalue weighted by molar-refractivity contribution is 8.09. The first-order chi connectivity index (χ1) is 12.7. The quantitative estimate of drug-likeness (QED) is 0.650. The van der Waals surface area contributed by atoms with Gasteiger partial charge in [0.15, 0.2) is 6.29 Å². The van der Waals surface area contributed by atoms with Crippen LogP contribution in [-0.2, 0) is 31.6 Å². The lowest BCUT2D eigenvalue weighted by molar-refractivity contribution is -0.164. The Morgan fingerprint density at radius 3 is 2.88 bits per heavy atom. The molecule has 8 heteroatoms. The number of hydrogen-bond donors (Lipinski definition) is 1. The van der Waals surface area contributed by atoms with Crippen LogP contribution in [0.2, 0.25) is 0 Å². The van der Waals surface area contributed by atoms with Crippen LogP contribution in [0.4, 0.5) is 4.79 Å². The van der Waals surface area contributed by atoms with Crippen molar-refractivity contribution >= 4 is 28.7 Å². The first-order valence-corrected chi connectivity index (χ1v) is 11.6. The molecule has 1 heterocycles. The molecule has 1 unspecified atom stereocenters. The number of nitrogens with one attached hydrogen (secondary N) is 1. The van der Waals surface area contributed by atoms with Gasteiger partial charge >= 0.3 is 6.09 Å². The molecule has 0 aromatic heterocycles. The molecule has 1 fully saturated rings. The van der Waals surface area contributed by atoms with Gasteiger partial charge in [0.2, 0.25) is 0 Å². The smallest absolute Gasteiger partial charge is 0.407 e. The Balaban J connectivity index is 1.80. The second-order valence-corrected chi connectivity index (χ2v) is 8.78. The van der Waals surface area contributed by atoms with Crippen molar-refractivity contribution in [2.75, 3.05) is 30.3 Å². The molecule has 6 nitrogen and oxygen atoms in total. The molecule has 0 spiro atoms. The maximum atomic E-state index is 12.1. The van der Waals surface area contributed by atoms with Gasteiger partial charge in [-0.1, -0.05) is 30.3 Å². The van der Waals surface area contributed by atoms with Crippen LogP contribution in [0, 0.1) is 0 Å². The summed E-state index contributed by atoms with van der Waals surface area (Å²) in [6.45, 7) is 1.14. The van der Waals surface area contributed by atoms with Crippen LogP contribution in [0.3, 0.4) is 0 Å². The molecule has 2 rings (SSSR count). The first-order valence-electron chi connectivity index (χ1n) is 8.71. The van der Waals surface area contributed by atoms with E-state index in [0.29, 0.717) is 17.4 Å². The molecule has 0 radical (unpaired) electrons. The maximum absolute atomic E-state index is 12.1. The number of rotatable bonds is 10. The van der Waals surface area contributed by atoms with Gasteiger partial charge in [-0.3, -0.25) is 4.21 Å². The molecular formula is C18H27NO5S2. The summed E-state index contributed by atoms with van der Waals surface area (Å²) >= 11 is 1.51. The number of amides is 1. The lowest BCUT2D eigenvalue weighted by Crippen LogP contribution is -2.43. The van der Waals surface area contributed by atoms with Crippen molar-refractivity contribution in [1.82, 2.24) is 5.32 Å². The van der Waals surface area contributed by atoms with Crippen LogP contribution in [0.15, 0.2) is 30.3 Å². The zero-order valence-corrected chi connectivity index (χ0v) is 16.7. The van der Waals surface area contributed by atoms with Crippen LogP contribution in [0.25, 0.3) is 0 Å². The molecule has 0 aliphatic carbocycles. The number of thioether (sulfide) groups is 1. The van der Waals surface area contributed by atoms with E-state index in [2.05, 4.69) is 5.32 Å². The fourth-order valence-electron chi connectivity index (χ4n) is 2.53. The summed E-state index contributed by atoms with van der Waals surface area (Å²) in [5.41, 5.74) is 0.914. The summed E-state index contributed by atoms with van der Waals surface area (Å²) in [4.78, 5) is 12.1. The molecule has 146 valence electrons. The lowest BCUT2D eigenvalue weighted by Gasteiger charge is -2.25. The van der Waals surface area contributed by atoms with E-state index in [9.17, 15) is 9.00 Å². The Labute approximate surface area is 161 Å². The largest absolute Gasteiger partial charge is 0.445 e. The molecular weight excluding hydrogens is 374 g/mol. The van der Waals surface area contributed by atoms with Crippen LogP contribution < -0.4 is 5.32 Å². The zero-order chi connectivity index (χ0) is 18.6. The number of carbonyl (C=O) groups excluding carboxylic acids is 1. The first kappa shape index (κ1) is 21.2. The molecule has 1 saturated heterocycles. The Bertz CT molecular complexity index is 552. The van der Waals surface area contributed by atoms with Gasteiger partial charge in [0.25, 0.3) is 0 Å². The summed E-state index contributed by atoms with van der Waals surface area (Å²) in [6.07, 6.45) is 4.08. The molecule has 0 bridgehead atoms. The van der Waals surface area contributed by atoms with E-state index in [1.165, 1.54) is 11.8 Å². The minimum absolute atomic E-state index is 0.194. The predicted octanol–water partition coefficient (Wildman–Crippen LogP) is 2.89. The van der Waals surface area contributed by atoms with E-state index in [1.807, 2.05) is 36.6 Å². The zero-order valence-electron chi connectivity index (χ0n) is 15.1. The van der Waals surface area contributed by atoms with Gasteiger partial charge in [0.05, 0.1) is 17.7 Å². The number of ether oxygens (including phenoxy) is 3. The fraction of sp³-hybridized carbons (Fsp3) is 0.611. The number of benzene rings is 1. The van der Waals surface area contributed by atoms with Crippen molar-refractivity contribution in [2.45, 2.75) is 38.2 Å². The van der Waals surface area contributed by atoms with Gasteiger partial charge in [-0.05, 0) is 31.1 Å². The summed E-state index contributed by atoms with van der Waals surface area (Å²) in [6, 6.07) is 9.10. The van der Waals surface area contributed by atoms with E-state index >= 15 is 0 Å². The predicted molar refractivity (Wildman–Crippen MR) is 104 cm³/mol. The average molecular weight is 402 g/mol. The summed E-state index contributed by atoms with van der Waals surface area (Å²) < 4.78 is 28.6. The Morgan fingerprint density at radius 1 is 1.38 bits per heavy atom. The molecule has 1 aliphatic rings. The normalized spacial score (nSPS) is 19.5. The number of alkyl carbamates (subject to hydrolysis) is 1. The molecule has 0 saturated carbocycles. The number of hydrogen-bond acceptors (Lipinski definition) is 6. The van der Waals surface area contributed by atoms with Crippen molar-refractivity contribution in [3.05, 3.63) is 35.9 Å². The van der Waals surface area contributed by atoms with Crippen molar-refractivity contribution in [3.8, 4) is 0 Å². The van der Waals surface area contributed by atoms with Gasteiger partial charge in [0, 0.05) is 23.2 Å². The van der Waals surface area contributed by atoms with E-state index in [4.69, 9.17) is 14.2 Å². The van der Waals surface area contributed by atoms with Gasteiger partial charge < -0.3 is 19.5 Å². The van der Waals surface area contributed by atoms with Crippen LogP contribution in [-0.4, -0.2) is 52.9 Å². The Kier molecular flexibility index (Phi) is 10.1. The second-order valence-electron chi connectivity index (χ2n) is 6.05. The van der Waals surface area contributed by atoms with Gasteiger partial charge in [-0.25, -0.2) is 4.79 Å². The average Bonchev–Trinajstić information content (AvgIpc) is 2.66. The second kappa shape index (κ2) is 12.3. The molecule has 1 aromatic rings. The van der Waals surface area contributed by atoms with E-state index in [0.717, 1.165) is 24.8 Å². The van der Waals surface area contributed by atoms with E-state index in [1.54, 1.807) is 0 Å². The molecule has 1 aliphatic heterocycles. The SMILES string of the molecule is CSC[S@](=O)C[C@@H](COC1CCCCO1)NC(=O)OCc1ccccc1. The van der Waals surface area contributed by atoms with Crippen molar-refractivity contribution < 1.29 is 23.2 Å². The Morgan fingerprint density at radius 2 is 2.19 bits per heavy atom. The molecule has 3 atom stereocenters. The van der Waals surface area contributed by atoms with Gasteiger partial charge in [0.1, 0.15) is 6.61 Å². The monoisotopic (exact) mass is 401 g/mol. The summed E-state index contributed by atoms with van der Waals surface area (Å²) in [5.74, 6) is 0.327. The lowest BCUT2D eigenvalue weighted by atomic mass is 10.2. The van der Waals surface area contributed by atoms with Gasteiger partial charge in [-0.15, -0.1) is 0 Å². The minimum Gasteiger partial charge on any atom is -0.445 e. The molecule has 1 aromatic carbocycles. The Hall–Kier alpha value is -1.09. The highest BCUT2D eigenvalue weighted by atomic mass is 32.2. The summed E-state index contributed by atoms with van der Waals surface area (Å²) in [7, 11) is -1.04. The molecule has 26 heavy (non-hydrogen) atoms. The minimum atomic E-state index is -1.04. The third kappa shape index (κ3) is 8.53. The summed E-state index contributed by atoms with van der Waals surface area (Å²) in [5, 5.41) is 3.30. The highest BCUT2D eigenvalue weighted by Crippen LogP contribution is 2.14. The number of carbonyl (C=O) groups is 1. The third-order valence-corrected chi connectivity index (χ3v) is 6.56. The molecule has 1 amide bonds. The topological polar surface area (TPSA) is 73.9 Å². The van der Waals surface area contributed by atoms with E-state index < -0.39 is 16.9 Å². The van der Waals surface area contributed by atoms with Crippen molar-refractivity contribution in [3.63, 3.8) is 0 Å². The third-order valence-electron chi connectivity index (χ3n) is 3.79. The van der Waals surface area contributed by atoms with E-state index in [-0.39, 0.29) is 25.5 Å². The van der Waals surface area contributed by atoms with Crippen molar-refractivity contribution in [2.24, 2.45) is 0 Å². The van der Waals surface area contributed by atoms with Crippen molar-refractivity contribution in [1.29, 1.82) is 0 Å². The van der Waals surface area contributed by atoms with Crippen LogP contribution in [0.1, 0.15) is 24.8 Å². The molecule has 1 N–H and O–H groups in total. The van der Waals surface area contributed by atoms with Crippen LogP contribution in [0.5, 0.6) is 0 Å². The highest BCUT2D eigenvalue weighted by Gasteiger charge is 2.20. The van der Waals surface area contributed by atoms with Crippen LogP contribution >= 0.6 is 11.8 Å². The standard InChI is InChI=1S/C18H27NO5S2/c1-25-14-26(21)13-16(12-23-17-9-5-6-10-22-17)19-18(20)24-11-15-7-3-2-4-8-15/h2-4,7-8,16-17H,5-6,9-14H2,1H3,(H,19,20)/t16-,17?,26-/m1/s1. The fourth-order valence-corrected chi connectivity index (χ4v) is 4.60.